The SMILES string of the molecule is COc1cc(N(C)CCN2CCCC2)c(C=CC(N)=O)cc1Nc1nccc(-c2cn(C3CC3)c3ccccc23)n1. The molecule has 1 saturated heterocycles. The number of anilines is 3. The maximum atomic E-state index is 11.6. The van der Waals surface area contributed by atoms with Crippen molar-refractivity contribution in [2.75, 3.05) is 50.6 Å². The number of methoxy groups -OCH3 is 1. The van der Waals surface area contributed by atoms with Crippen molar-refractivity contribution in [3.05, 3.63) is 66.5 Å². The smallest absolute Gasteiger partial charge is 0.241 e. The van der Waals surface area contributed by atoms with E-state index in [0.717, 1.165) is 48.7 Å². The van der Waals surface area contributed by atoms with Gasteiger partial charge in [-0.2, -0.15) is 0 Å². The number of carbonyl (C=O) groups is 1. The van der Waals surface area contributed by atoms with E-state index >= 15 is 0 Å². The molecule has 1 amide bonds. The van der Waals surface area contributed by atoms with Crippen LogP contribution in [0.2, 0.25) is 0 Å². The summed E-state index contributed by atoms with van der Waals surface area (Å²) in [7, 11) is 3.71. The van der Waals surface area contributed by atoms with E-state index in [9.17, 15) is 4.79 Å². The van der Waals surface area contributed by atoms with Crippen LogP contribution in [-0.4, -0.2) is 65.7 Å². The zero-order chi connectivity index (χ0) is 28.3. The van der Waals surface area contributed by atoms with Gasteiger partial charge in [0.1, 0.15) is 5.75 Å². The van der Waals surface area contributed by atoms with Gasteiger partial charge in [-0.05, 0) is 63.0 Å². The fraction of sp³-hybridized carbons (Fsp3) is 0.344. The maximum Gasteiger partial charge on any atom is 0.241 e. The molecular formula is C32H37N7O2. The van der Waals surface area contributed by atoms with Gasteiger partial charge in [0.2, 0.25) is 11.9 Å². The molecule has 0 atom stereocenters. The van der Waals surface area contributed by atoms with Gasteiger partial charge in [-0.25, -0.2) is 9.97 Å². The Morgan fingerprint density at radius 3 is 2.76 bits per heavy atom. The molecule has 0 radical (unpaired) electrons. The summed E-state index contributed by atoms with van der Waals surface area (Å²) >= 11 is 0. The number of primary amides is 1. The molecule has 0 unspecified atom stereocenters. The first kappa shape index (κ1) is 26.8. The summed E-state index contributed by atoms with van der Waals surface area (Å²) in [6.45, 7) is 4.13. The summed E-state index contributed by atoms with van der Waals surface area (Å²) < 4.78 is 8.18. The second-order valence-electron chi connectivity index (χ2n) is 10.9. The number of hydrogen-bond donors (Lipinski definition) is 2. The number of nitrogens with one attached hydrogen (secondary N) is 1. The van der Waals surface area contributed by atoms with Gasteiger partial charge in [-0.3, -0.25) is 4.79 Å². The van der Waals surface area contributed by atoms with E-state index in [-0.39, 0.29) is 0 Å². The number of para-hydroxylation sites is 1. The predicted molar refractivity (Wildman–Crippen MR) is 165 cm³/mol. The number of rotatable bonds is 11. The van der Waals surface area contributed by atoms with Crippen LogP contribution in [0.5, 0.6) is 5.75 Å². The highest BCUT2D eigenvalue weighted by Gasteiger charge is 2.26. The van der Waals surface area contributed by atoms with Crippen LogP contribution >= 0.6 is 0 Å². The van der Waals surface area contributed by atoms with Crippen molar-refractivity contribution in [1.29, 1.82) is 0 Å². The van der Waals surface area contributed by atoms with Crippen molar-refractivity contribution in [2.24, 2.45) is 5.73 Å². The van der Waals surface area contributed by atoms with Crippen molar-refractivity contribution in [1.82, 2.24) is 19.4 Å². The Labute approximate surface area is 240 Å². The molecule has 0 spiro atoms. The topological polar surface area (TPSA) is 102 Å². The van der Waals surface area contributed by atoms with Crippen LogP contribution in [0.4, 0.5) is 17.3 Å². The fourth-order valence-corrected chi connectivity index (χ4v) is 5.66. The van der Waals surface area contributed by atoms with Gasteiger partial charge >= 0.3 is 0 Å². The highest BCUT2D eigenvalue weighted by Crippen LogP contribution is 2.41. The Kier molecular flexibility index (Phi) is 7.61. The highest BCUT2D eigenvalue weighted by molar-refractivity contribution is 5.95. The number of hydrogen-bond acceptors (Lipinski definition) is 7. The first-order valence-electron chi connectivity index (χ1n) is 14.3. The molecule has 0 bridgehead atoms. The van der Waals surface area contributed by atoms with Crippen molar-refractivity contribution >= 4 is 40.2 Å². The Morgan fingerprint density at radius 1 is 1.20 bits per heavy atom. The lowest BCUT2D eigenvalue weighted by Crippen LogP contribution is -2.31. The van der Waals surface area contributed by atoms with E-state index in [2.05, 4.69) is 62.2 Å². The van der Waals surface area contributed by atoms with Crippen molar-refractivity contribution in [3.63, 3.8) is 0 Å². The number of nitrogens with two attached hydrogens (primary N) is 1. The van der Waals surface area contributed by atoms with E-state index in [4.69, 9.17) is 15.5 Å². The van der Waals surface area contributed by atoms with Crippen LogP contribution < -0.4 is 20.7 Å². The van der Waals surface area contributed by atoms with Gasteiger partial charge in [-0.1, -0.05) is 18.2 Å². The van der Waals surface area contributed by atoms with E-state index in [0.29, 0.717) is 23.4 Å². The summed E-state index contributed by atoms with van der Waals surface area (Å²) in [5.41, 5.74) is 11.1. The zero-order valence-corrected chi connectivity index (χ0v) is 23.7. The second kappa shape index (κ2) is 11.6. The first-order chi connectivity index (χ1) is 20.0. The van der Waals surface area contributed by atoms with E-state index < -0.39 is 5.91 Å². The standard InChI is InChI=1S/C32H37N7O2/c1-37(17-18-38-15-5-6-16-38)29-20-30(41-2)27(19-22(29)9-12-31(33)40)36-32-34-14-13-26(35-32)25-21-39(23-10-11-23)28-8-4-3-7-24(25)28/h3-4,7-9,12-14,19-21,23H,5-6,10-11,15-18H2,1-2H3,(H2,33,40)(H,34,35,36). The lowest BCUT2D eigenvalue weighted by Gasteiger charge is -2.26. The fourth-order valence-electron chi connectivity index (χ4n) is 5.66. The molecule has 2 aromatic heterocycles. The molecule has 1 aliphatic heterocycles. The van der Waals surface area contributed by atoms with Gasteiger partial charge in [0.15, 0.2) is 0 Å². The van der Waals surface area contributed by atoms with Gasteiger partial charge in [0, 0.05) is 78.4 Å². The third-order valence-corrected chi connectivity index (χ3v) is 8.00. The Morgan fingerprint density at radius 2 is 2.00 bits per heavy atom. The normalized spacial score (nSPS) is 15.6. The molecule has 3 heterocycles. The van der Waals surface area contributed by atoms with E-state index in [1.54, 1.807) is 19.4 Å². The molecule has 4 aromatic rings. The summed E-state index contributed by atoms with van der Waals surface area (Å²) in [6, 6.07) is 14.9. The second-order valence-corrected chi connectivity index (χ2v) is 10.9. The van der Waals surface area contributed by atoms with Crippen LogP contribution in [0.15, 0.2) is 60.9 Å². The number of amides is 1. The average Bonchev–Trinajstić information content (AvgIpc) is 3.54. The molecule has 9 nitrogen and oxygen atoms in total. The number of ether oxygens (including phenoxy) is 1. The minimum atomic E-state index is -0.498. The Hall–Kier alpha value is -4.37. The number of carbonyl (C=O) groups excluding carboxylic acids is 1. The lowest BCUT2D eigenvalue weighted by molar-refractivity contribution is -0.113. The number of likely N-dealkylation sites (tertiary alicyclic amines) is 1. The summed E-state index contributed by atoms with van der Waals surface area (Å²) in [5, 5.41) is 4.55. The summed E-state index contributed by atoms with van der Waals surface area (Å²) in [5.74, 6) is 0.620. The van der Waals surface area contributed by atoms with Crippen LogP contribution in [0.3, 0.4) is 0 Å². The van der Waals surface area contributed by atoms with Gasteiger partial charge in [0.05, 0.1) is 18.5 Å². The molecule has 41 heavy (non-hydrogen) atoms. The number of nitrogens with zero attached hydrogens (tertiary/aromatic N) is 5. The number of likely N-dealkylation sites (N-methyl/N-ethyl adjacent to an activating group) is 1. The third kappa shape index (κ3) is 5.90. The van der Waals surface area contributed by atoms with E-state index in [1.165, 1.54) is 42.7 Å². The van der Waals surface area contributed by atoms with E-state index in [1.807, 2.05) is 18.2 Å². The van der Waals surface area contributed by atoms with Crippen LogP contribution in [0.25, 0.3) is 28.2 Å². The Bertz CT molecular complexity index is 1580. The number of aromatic nitrogens is 3. The van der Waals surface area contributed by atoms with Crippen LogP contribution in [0.1, 0.15) is 37.3 Å². The molecule has 1 saturated carbocycles. The number of benzene rings is 2. The van der Waals surface area contributed by atoms with Gasteiger partial charge < -0.3 is 30.2 Å². The number of fused-ring (bicyclic) bond motifs is 1. The monoisotopic (exact) mass is 551 g/mol. The molecule has 2 fully saturated rings. The summed E-state index contributed by atoms with van der Waals surface area (Å²) in [4.78, 5) is 25.7. The molecule has 6 rings (SSSR count). The van der Waals surface area contributed by atoms with Gasteiger partial charge in [0.25, 0.3) is 0 Å². The average molecular weight is 552 g/mol. The molecule has 212 valence electrons. The van der Waals surface area contributed by atoms with Crippen molar-refractivity contribution in [3.8, 4) is 17.0 Å². The molecule has 9 heteroatoms. The predicted octanol–water partition coefficient (Wildman–Crippen LogP) is 5.22. The van der Waals surface area contributed by atoms with Crippen molar-refractivity contribution < 1.29 is 9.53 Å². The highest BCUT2D eigenvalue weighted by atomic mass is 16.5. The lowest BCUT2D eigenvalue weighted by atomic mass is 10.1. The molecule has 2 aromatic carbocycles. The molecule has 2 aliphatic rings. The van der Waals surface area contributed by atoms with Crippen LogP contribution in [0, 0.1) is 0 Å². The quantitative estimate of drug-likeness (QED) is 0.247. The largest absolute Gasteiger partial charge is 0.494 e. The molecule has 3 N–H and O–H groups in total. The maximum absolute atomic E-state index is 11.6. The summed E-state index contributed by atoms with van der Waals surface area (Å²) in [6.07, 6.45) is 12.1. The molecule has 1 aliphatic carbocycles. The van der Waals surface area contributed by atoms with Gasteiger partial charge in [-0.15, -0.1) is 0 Å². The molecular weight excluding hydrogens is 514 g/mol. The first-order valence-corrected chi connectivity index (χ1v) is 14.3. The minimum Gasteiger partial charge on any atom is -0.494 e. The van der Waals surface area contributed by atoms with Crippen LogP contribution in [-0.2, 0) is 4.79 Å². The Balaban J connectivity index is 1.31. The van der Waals surface area contributed by atoms with Crippen molar-refractivity contribution in [2.45, 2.75) is 31.7 Å². The zero-order valence-electron chi connectivity index (χ0n) is 23.7. The minimum absolute atomic E-state index is 0.462. The third-order valence-electron chi connectivity index (χ3n) is 8.00.